The first kappa shape index (κ1) is 58.0. The molecule has 0 saturated carbocycles. The van der Waals surface area contributed by atoms with Crippen molar-refractivity contribution in [3.05, 3.63) is 35.9 Å². The van der Waals surface area contributed by atoms with Gasteiger partial charge in [-0.3, -0.25) is 0 Å². The monoisotopic (exact) mass is 911 g/mol. The maximum absolute atomic E-state index is 15.1. The van der Waals surface area contributed by atoms with Gasteiger partial charge in [-0.05, 0) is 56.9 Å². The normalized spacial score (nSPS) is 11.8. The molecule has 0 unspecified atom stereocenters. The van der Waals surface area contributed by atoms with Gasteiger partial charge in [0.25, 0.3) is 0 Å². The van der Waals surface area contributed by atoms with Gasteiger partial charge >= 0.3 is 0 Å². The lowest BCUT2D eigenvalue weighted by Crippen LogP contribution is -2.44. The van der Waals surface area contributed by atoms with E-state index >= 15 is 16.8 Å². The summed E-state index contributed by atoms with van der Waals surface area (Å²) in [6.07, 6.45) is 33.7. The summed E-state index contributed by atoms with van der Waals surface area (Å²) >= 11 is 0. The fourth-order valence-corrected chi connectivity index (χ4v) is 13.4. The van der Waals surface area contributed by atoms with Crippen LogP contribution in [0.4, 0.5) is 0 Å². The van der Waals surface area contributed by atoms with Crippen molar-refractivity contribution in [3.63, 3.8) is 0 Å². The second-order valence-corrected chi connectivity index (χ2v) is 21.9. The van der Waals surface area contributed by atoms with Crippen molar-refractivity contribution in [1.29, 1.82) is 21.0 Å². The lowest BCUT2D eigenvalue weighted by atomic mass is 10.1. The highest BCUT2D eigenvalue weighted by atomic mass is 32.3. The standard InChI is InChI=1S/C51H86N6O4S2/c52-42-32-21-13-5-1-9-17-25-36-46-56(47-37-26-18-10-2-6-14-22-33-43-53)62(58,59)51(50-40-30-29-31-41-50)63(60,61)57(48-38-27-19-11-3-7-15-23-34-44-54)49-39-28-20-12-4-8-16-24-35-45-55/h29-31,40-41,51H,1-28,32-39,46-49H2. The third-order valence-electron chi connectivity index (χ3n) is 12.1. The van der Waals surface area contributed by atoms with E-state index in [0.717, 1.165) is 180 Å². The van der Waals surface area contributed by atoms with Crippen LogP contribution in [0.5, 0.6) is 0 Å². The third-order valence-corrected chi connectivity index (χ3v) is 17.4. The topological polar surface area (TPSA) is 170 Å². The molecule has 0 aliphatic carbocycles. The van der Waals surface area contributed by atoms with Crippen LogP contribution in [-0.2, 0) is 20.0 Å². The van der Waals surface area contributed by atoms with Crippen LogP contribution in [0.25, 0.3) is 0 Å². The summed E-state index contributed by atoms with van der Waals surface area (Å²) in [7, 11) is -8.67. The van der Waals surface area contributed by atoms with E-state index < -0.39 is 24.6 Å². The number of hydrogen-bond donors (Lipinski definition) is 0. The van der Waals surface area contributed by atoms with E-state index in [1.165, 1.54) is 8.61 Å². The van der Waals surface area contributed by atoms with Crippen molar-refractivity contribution < 1.29 is 16.8 Å². The Hall–Kier alpha value is -3.00. The lowest BCUT2D eigenvalue weighted by molar-refractivity contribution is 0.370. The maximum Gasteiger partial charge on any atom is 0.237 e. The Bertz CT molecular complexity index is 1460. The second-order valence-electron chi connectivity index (χ2n) is 17.6. The van der Waals surface area contributed by atoms with E-state index in [9.17, 15) is 0 Å². The highest BCUT2D eigenvalue weighted by Gasteiger charge is 2.45. The molecule has 0 N–H and O–H groups in total. The van der Waals surface area contributed by atoms with Crippen molar-refractivity contribution in [1.82, 2.24) is 8.61 Å². The summed E-state index contributed by atoms with van der Waals surface area (Å²) in [5.74, 6) is 0. The fraction of sp³-hybridized carbons (Fsp3) is 0.804. The minimum Gasteiger partial charge on any atom is -0.210 e. The number of benzene rings is 1. The Morgan fingerprint density at radius 2 is 0.540 bits per heavy atom. The first-order chi connectivity index (χ1) is 30.8. The highest BCUT2D eigenvalue weighted by Crippen LogP contribution is 2.35. The zero-order valence-electron chi connectivity index (χ0n) is 39.4. The van der Waals surface area contributed by atoms with Crippen LogP contribution in [0, 0.1) is 45.3 Å². The molecule has 10 nitrogen and oxygen atoms in total. The van der Waals surface area contributed by atoms with Gasteiger partial charge in [0.05, 0.1) is 24.3 Å². The van der Waals surface area contributed by atoms with E-state index in [-0.39, 0.29) is 0 Å². The molecule has 0 saturated heterocycles. The molecule has 0 heterocycles. The molecule has 63 heavy (non-hydrogen) atoms. The number of hydrogen-bond acceptors (Lipinski definition) is 8. The van der Waals surface area contributed by atoms with Gasteiger partial charge in [-0.1, -0.05) is 184 Å². The minimum atomic E-state index is -4.33. The first-order valence-corrected chi connectivity index (χ1v) is 28.3. The molecule has 0 bridgehead atoms. The molecule has 0 aliphatic heterocycles. The van der Waals surface area contributed by atoms with E-state index in [1.54, 1.807) is 30.3 Å². The average Bonchev–Trinajstić information content (AvgIpc) is 3.27. The predicted molar refractivity (Wildman–Crippen MR) is 259 cm³/mol. The fourth-order valence-electron chi connectivity index (χ4n) is 8.32. The second kappa shape index (κ2) is 40.5. The number of sulfonamides is 2. The molecular formula is C51H86N6O4S2. The van der Waals surface area contributed by atoms with E-state index in [2.05, 4.69) is 24.3 Å². The summed E-state index contributed by atoms with van der Waals surface area (Å²) in [5, 5.41) is 35.2. The maximum atomic E-state index is 15.1. The third kappa shape index (κ3) is 29.2. The largest absolute Gasteiger partial charge is 0.237 e. The van der Waals surface area contributed by atoms with Crippen LogP contribution < -0.4 is 0 Å². The zero-order chi connectivity index (χ0) is 46.0. The summed E-state index contributed by atoms with van der Waals surface area (Å²) in [4.78, 5) is 0. The van der Waals surface area contributed by atoms with Gasteiger partial charge in [0, 0.05) is 51.9 Å². The van der Waals surface area contributed by atoms with Crippen LogP contribution in [0.1, 0.15) is 241 Å². The Kier molecular flexibility index (Phi) is 37.3. The van der Waals surface area contributed by atoms with Gasteiger partial charge in [0.1, 0.15) is 0 Å². The summed E-state index contributed by atoms with van der Waals surface area (Å²) < 4.78 is 61.7. The first-order valence-electron chi connectivity index (χ1n) is 25.3. The van der Waals surface area contributed by atoms with Crippen molar-refractivity contribution in [2.24, 2.45) is 0 Å². The molecule has 356 valence electrons. The highest BCUT2D eigenvalue weighted by molar-refractivity contribution is 8.06. The summed E-state index contributed by atoms with van der Waals surface area (Å²) in [5.41, 5.74) is 0.299. The van der Waals surface area contributed by atoms with Crippen molar-refractivity contribution in [3.8, 4) is 24.3 Å². The molecule has 0 amide bonds. The molecule has 1 rings (SSSR count). The van der Waals surface area contributed by atoms with Crippen molar-refractivity contribution in [2.45, 2.75) is 236 Å². The molecule has 12 heteroatoms. The quantitative estimate of drug-likeness (QED) is 0.0582. The molecule has 0 spiro atoms. The predicted octanol–water partition coefficient (Wildman–Crippen LogP) is 14.1. The number of unbranched alkanes of at least 4 members (excludes halogenated alkanes) is 32. The van der Waals surface area contributed by atoms with Crippen molar-refractivity contribution in [2.75, 3.05) is 26.2 Å². The number of nitriles is 4. The summed E-state index contributed by atoms with van der Waals surface area (Å²) in [6.45, 7) is 1.20. The Morgan fingerprint density at radius 1 is 0.333 bits per heavy atom. The van der Waals surface area contributed by atoms with Crippen LogP contribution in [0.2, 0.25) is 0 Å². The molecule has 0 aliphatic rings. The van der Waals surface area contributed by atoms with Crippen molar-refractivity contribution >= 4 is 20.0 Å². The summed E-state index contributed by atoms with van der Waals surface area (Å²) in [6, 6.07) is 17.4. The van der Waals surface area contributed by atoms with E-state index in [0.29, 0.717) is 83.1 Å². The average molecular weight is 911 g/mol. The Balaban J connectivity index is 3.20. The number of rotatable bonds is 45. The SMILES string of the molecule is N#CCCCCCCCCCCN(CCCCCCCCCCC#N)S(=O)(=O)C(c1ccccc1)S(=O)(=O)N(CCCCCCCCCCC#N)CCCCCCCCCCC#N. The molecule has 1 aromatic rings. The lowest BCUT2D eigenvalue weighted by Gasteiger charge is -2.32. The smallest absolute Gasteiger partial charge is 0.210 e. The van der Waals surface area contributed by atoms with Gasteiger partial charge in [0.15, 0.2) is 0 Å². The Morgan fingerprint density at radius 3 is 0.762 bits per heavy atom. The van der Waals surface area contributed by atoms with E-state index in [1.807, 2.05) is 0 Å². The zero-order valence-corrected chi connectivity index (χ0v) is 41.0. The Labute approximate surface area is 386 Å². The van der Waals surface area contributed by atoms with Gasteiger partial charge in [-0.15, -0.1) is 0 Å². The van der Waals surface area contributed by atoms with Gasteiger partial charge in [-0.25, -0.2) is 25.4 Å². The molecule has 0 aromatic heterocycles. The minimum absolute atomic E-state index is 0.299. The number of nitrogens with zero attached hydrogens (tertiary/aromatic N) is 6. The molecule has 0 atom stereocenters. The molecule has 1 aromatic carbocycles. The van der Waals surface area contributed by atoms with Gasteiger partial charge < -0.3 is 0 Å². The van der Waals surface area contributed by atoms with Gasteiger partial charge in [0.2, 0.25) is 24.6 Å². The van der Waals surface area contributed by atoms with Crippen LogP contribution >= 0.6 is 0 Å². The molecular weight excluding hydrogens is 825 g/mol. The van der Waals surface area contributed by atoms with Crippen LogP contribution in [-0.4, -0.2) is 51.6 Å². The van der Waals surface area contributed by atoms with E-state index in [4.69, 9.17) is 21.0 Å². The van der Waals surface area contributed by atoms with Crippen LogP contribution in [0.15, 0.2) is 30.3 Å². The molecule has 0 radical (unpaired) electrons. The molecule has 0 fully saturated rings. The van der Waals surface area contributed by atoms with Gasteiger partial charge in [-0.2, -0.15) is 21.0 Å². The van der Waals surface area contributed by atoms with Crippen LogP contribution in [0.3, 0.4) is 0 Å².